The van der Waals surface area contributed by atoms with E-state index >= 15 is 0 Å². The zero-order valence-corrected chi connectivity index (χ0v) is 12.0. The Balaban J connectivity index is 2.21. The van der Waals surface area contributed by atoms with Gasteiger partial charge in [-0.2, -0.15) is 0 Å². The van der Waals surface area contributed by atoms with Crippen LogP contribution in [0.25, 0.3) is 0 Å². The van der Waals surface area contributed by atoms with Gasteiger partial charge in [0.15, 0.2) is 0 Å². The molecule has 0 bridgehead atoms. The van der Waals surface area contributed by atoms with Crippen molar-refractivity contribution in [3.05, 3.63) is 65.0 Å². The Morgan fingerprint density at radius 3 is 2.47 bits per heavy atom. The highest BCUT2D eigenvalue weighted by Crippen LogP contribution is 2.20. The number of hydrogen-bond donors (Lipinski definition) is 1. The summed E-state index contributed by atoms with van der Waals surface area (Å²) in [6, 6.07) is 13.3. The summed E-state index contributed by atoms with van der Waals surface area (Å²) in [7, 11) is 0. The number of nitrogens with one attached hydrogen (secondary N) is 1. The first-order chi connectivity index (χ1) is 9.20. The molecule has 1 N–H and O–H groups in total. The van der Waals surface area contributed by atoms with Crippen molar-refractivity contribution in [1.29, 1.82) is 0 Å². The van der Waals surface area contributed by atoms with E-state index in [9.17, 15) is 0 Å². The average molecular weight is 254 g/mol. The van der Waals surface area contributed by atoms with Gasteiger partial charge in [0, 0.05) is 17.9 Å². The highest BCUT2D eigenvalue weighted by Gasteiger charge is 2.13. The van der Waals surface area contributed by atoms with E-state index in [0.29, 0.717) is 6.04 Å². The van der Waals surface area contributed by atoms with Crippen molar-refractivity contribution < 1.29 is 0 Å². The molecule has 2 heteroatoms. The molecule has 0 aliphatic rings. The van der Waals surface area contributed by atoms with Crippen LogP contribution in [0.4, 0.5) is 0 Å². The molecular formula is C17H22N2. The highest BCUT2D eigenvalue weighted by atomic mass is 14.9. The minimum absolute atomic E-state index is 0.335. The summed E-state index contributed by atoms with van der Waals surface area (Å²) in [5.41, 5.74) is 5.08. The quantitative estimate of drug-likeness (QED) is 0.882. The zero-order valence-electron chi connectivity index (χ0n) is 12.0. The van der Waals surface area contributed by atoms with Crippen LogP contribution in [-0.2, 0) is 6.42 Å². The largest absolute Gasteiger partial charge is 0.310 e. The minimum Gasteiger partial charge on any atom is -0.310 e. The van der Waals surface area contributed by atoms with E-state index in [-0.39, 0.29) is 0 Å². The maximum Gasteiger partial charge on any atom is 0.0420 e. The predicted molar refractivity (Wildman–Crippen MR) is 80.3 cm³/mol. The zero-order chi connectivity index (χ0) is 13.7. The first-order valence-corrected chi connectivity index (χ1v) is 6.91. The number of nitrogens with zero attached hydrogens (tertiary/aromatic N) is 1. The number of likely N-dealkylation sites (N-methyl/N-ethyl adjacent to an activating group) is 1. The molecule has 19 heavy (non-hydrogen) atoms. The third kappa shape index (κ3) is 3.65. The van der Waals surface area contributed by atoms with Gasteiger partial charge in [-0.25, -0.2) is 0 Å². The van der Waals surface area contributed by atoms with Crippen LogP contribution in [0.2, 0.25) is 0 Å². The van der Waals surface area contributed by atoms with Gasteiger partial charge in [-0.15, -0.1) is 0 Å². The number of benzene rings is 1. The van der Waals surface area contributed by atoms with Gasteiger partial charge >= 0.3 is 0 Å². The fraction of sp³-hybridized carbons (Fsp3) is 0.353. The van der Waals surface area contributed by atoms with Crippen molar-refractivity contribution >= 4 is 0 Å². The number of aryl methyl sites for hydroxylation is 2. The Bertz CT molecular complexity index is 517. The summed E-state index contributed by atoms with van der Waals surface area (Å²) in [4.78, 5) is 4.40. The lowest BCUT2D eigenvalue weighted by atomic mass is 9.97. The Hall–Kier alpha value is -1.67. The van der Waals surface area contributed by atoms with Gasteiger partial charge in [0.1, 0.15) is 0 Å². The van der Waals surface area contributed by atoms with Gasteiger partial charge in [-0.05, 0) is 44.0 Å². The first kappa shape index (κ1) is 13.8. The summed E-state index contributed by atoms with van der Waals surface area (Å²) in [6.45, 7) is 7.31. The lowest BCUT2D eigenvalue weighted by molar-refractivity contribution is 0.545. The van der Waals surface area contributed by atoms with Crippen molar-refractivity contribution in [3.8, 4) is 0 Å². The molecule has 2 rings (SSSR count). The van der Waals surface area contributed by atoms with Crippen molar-refractivity contribution in [3.63, 3.8) is 0 Å². The summed E-state index contributed by atoms with van der Waals surface area (Å²) >= 11 is 0. The third-order valence-corrected chi connectivity index (χ3v) is 3.43. The van der Waals surface area contributed by atoms with Crippen LogP contribution in [0.5, 0.6) is 0 Å². The monoisotopic (exact) mass is 254 g/mol. The Kier molecular flexibility index (Phi) is 4.69. The van der Waals surface area contributed by atoms with Gasteiger partial charge in [0.25, 0.3) is 0 Å². The van der Waals surface area contributed by atoms with Crippen LogP contribution in [-0.4, -0.2) is 11.5 Å². The molecule has 0 saturated carbocycles. The van der Waals surface area contributed by atoms with Gasteiger partial charge in [0.2, 0.25) is 0 Å². The summed E-state index contributed by atoms with van der Waals surface area (Å²) in [6.07, 6.45) is 2.86. The van der Waals surface area contributed by atoms with E-state index in [0.717, 1.165) is 18.7 Å². The van der Waals surface area contributed by atoms with Crippen LogP contribution in [0.3, 0.4) is 0 Å². The molecule has 2 aromatic rings. The van der Waals surface area contributed by atoms with Crippen molar-refractivity contribution in [1.82, 2.24) is 10.3 Å². The SMILES string of the molecule is CCNC(Cc1ccc(C)cc1)c1cccnc1C. The number of pyridine rings is 1. The predicted octanol–water partition coefficient (Wildman–Crippen LogP) is 3.59. The Morgan fingerprint density at radius 1 is 1.11 bits per heavy atom. The van der Waals surface area contributed by atoms with Crippen molar-refractivity contribution in [2.45, 2.75) is 33.2 Å². The standard InChI is InChI=1S/C17H22N2/c1-4-18-17(16-6-5-11-19-14(16)3)12-15-9-7-13(2)8-10-15/h5-11,17-18H,4,12H2,1-3H3. The molecule has 1 atom stereocenters. The lowest BCUT2D eigenvalue weighted by Gasteiger charge is -2.20. The number of rotatable bonds is 5. The molecule has 0 aliphatic carbocycles. The molecule has 0 radical (unpaired) electrons. The van der Waals surface area contributed by atoms with Crippen LogP contribution in [0.1, 0.15) is 35.3 Å². The molecule has 0 saturated heterocycles. The highest BCUT2D eigenvalue weighted by molar-refractivity contribution is 5.27. The maximum atomic E-state index is 4.40. The first-order valence-electron chi connectivity index (χ1n) is 6.91. The fourth-order valence-electron chi connectivity index (χ4n) is 2.36. The van der Waals surface area contributed by atoms with Crippen LogP contribution in [0, 0.1) is 13.8 Å². The molecule has 0 spiro atoms. The molecule has 1 aromatic carbocycles. The van der Waals surface area contributed by atoms with Crippen LogP contribution >= 0.6 is 0 Å². The average Bonchev–Trinajstić information content (AvgIpc) is 2.41. The molecule has 1 unspecified atom stereocenters. The maximum absolute atomic E-state index is 4.40. The Labute approximate surface area is 115 Å². The molecule has 100 valence electrons. The van der Waals surface area contributed by atoms with E-state index in [2.05, 4.69) is 61.4 Å². The molecule has 0 aliphatic heterocycles. The molecule has 0 amide bonds. The summed E-state index contributed by atoms with van der Waals surface area (Å²) in [5, 5.41) is 3.56. The molecule has 1 heterocycles. The van der Waals surface area contributed by atoms with Gasteiger partial charge in [0.05, 0.1) is 0 Å². The summed E-state index contributed by atoms with van der Waals surface area (Å²) in [5.74, 6) is 0. The van der Waals surface area contributed by atoms with Crippen molar-refractivity contribution in [2.75, 3.05) is 6.54 Å². The van der Waals surface area contributed by atoms with E-state index < -0.39 is 0 Å². The second-order valence-corrected chi connectivity index (χ2v) is 4.98. The van der Waals surface area contributed by atoms with E-state index in [4.69, 9.17) is 0 Å². The smallest absolute Gasteiger partial charge is 0.0420 e. The molecular weight excluding hydrogens is 232 g/mol. The molecule has 1 aromatic heterocycles. The van der Waals surface area contributed by atoms with Gasteiger partial charge in [-0.1, -0.05) is 42.8 Å². The van der Waals surface area contributed by atoms with Crippen LogP contribution in [0.15, 0.2) is 42.6 Å². The second kappa shape index (κ2) is 6.48. The fourth-order valence-corrected chi connectivity index (χ4v) is 2.36. The number of hydrogen-bond acceptors (Lipinski definition) is 2. The van der Waals surface area contributed by atoms with E-state index in [1.54, 1.807) is 0 Å². The van der Waals surface area contributed by atoms with E-state index in [1.165, 1.54) is 16.7 Å². The normalized spacial score (nSPS) is 12.4. The molecule has 0 fully saturated rings. The van der Waals surface area contributed by atoms with Gasteiger partial charge in [-0.3, -0.25) is 4.98 Å². The third-order valence-electron chi connectivity index (χ3n) is 3.43. The second-order valence-electron chi connectivity index (χ2n) is 4.98. The summed E-state index contributed by atoms with van der Waals surface area (Å²) < 4.78 is 0. The topological polar surface area (TPSA) is 24.9 Å². The van der Waals surface area contributed by atoms with Gasteiger partial charge < -0.3 is 5.32 Å². The van der Waals surface area contributed by atoms with Crippen LogP contribution < -0.4 is 5.32 Å². The lowest BCUT2D eigenvalue weighted by Crippen LogP contribution is -2.24. The van der Waals surface area contributed by atoms with E-state index in [1.807, 2.05) is 12.3 Å². The Morgan fingerprint density at radius 2 is 1.84 bits per heavy atom. The minimum atomic E-state index is 0.335. The molecule has 2 nitrogen and oxygen atoms in total. The number of aromatic nitrogens is 1. The van der Waals surface area contributed by atoms with Crippen molar-refractivity contribution in [2.24, 2.45) is 0 Å².